The number of likely N-dealkylation sites (N-methyl/N-ethyl adjacent to an activating group) is 1. The molecule has 2 heterocycles. The summed E-state index contributed by atoms with van der Waals surface area (Å²) in [4.78, 5) is 12.5. The molecular weight excluding hydrogens is 595 g/mol. The molecule has 0 N–H and O–H groups in total. The molecular formula is C46H33N3. The molecule has 0 atom stereocenters. The molecule has 232 valence electrons. The fraction of sp³-hybridized carbons (Fsp3) is 0.0435. The average molecular weight is 628 g/mol. The monoisotopic (exact) mass is 627 g/mol. The van der Waals surface area contributed by atoms with Gasteiger partial charge in [-0.1, -0.05) is 127 Å². The Labute approximate surface area is 286 Å². The average Bonchev–Trinajstić information content (AvgIpc) is 3.17. The second-order valence-corrected chi connectivity index (χ2v) is 12.8. The van der Waals surface area contributed by atoms with E-state index < -0.39 is 0 Å². The Morgan fingerprint density at radius 2 is 1.18 bits per heavy atom. The lowest BCUT2D eigenvalue weighted by molar-refractivity contribution is 0.512. The summed E-state index contributed by atoms with van der Waals surface area (Å²) in [7, 11) is 2.11. The van der Waals surface area contributed by atoms with Crippen molar-refractivity contribution in [2.45, 2.75) is 0 Å². The first-order valence-corrected chi connectivity index (χ1v) is 16.7. The van der Waals surface area contributed by atoms with E-state index in [2.05, 4.69) is 176 Å². The summed E-state index contributed by atoms with van der Waals surface area (Å²) in [6.45, 7) is 0.867. The van der Waals surface area contributed by atoms with Crippen molar-refractivity contribution in [1.82, 2.24) is 14.9 Å². The van der Waals surface area contributed by atoms with Gasteiger partial charge < -0.3 is 4.90 Å². The first-order valence-electron chi connectivity index (χ1n) is 16.7. The van der Waals surface area contributed by atoms with Crippen LogP contribution in [-0.4, -0.2) is 28.5 Å². The van der Waals surface area contributed by atoms with Crippen molar-refractivity contribution < 1.29 is 0 Å². The molecule has 8 aromatic rings. The van der Waals surface area contributed by atoms with E-state index in [1.807, 2.05) is 6.20 Å². The molecule has 0 fully saturated rings. The molecule has 0 amide bonds. The summed E-state index contributed by atoms with van der Waals surface area (Å²) >= 11 is 0. The van der Waals surface area contributed by atoms with Crippen LogP contribution in [0.3, 0.4) is 0 Å². The van der Waals surface area contributed by atoms with Gasteiger partial charge in [-0.25, -0.2) is 9.97 Å². The first-order chi connectivity index (χ1) is 24.2. The van der Waals surface area contributed by atoms with Crippen LogP contribution in [0.15, 0.2) is 170 Å². The normalized spacial score (nSPS) is 12.9. The van der Waals surface area contributed by atoms with Crippen LogP contribution in [-0.2, 0) is 0 Å². The molecule has 9 rings (SSSR count). The molecule has 49 heavy (non-hydrogen) atoms. The number of nitrogens with zero attached hydrogens (tertiary/aromatic N) is 3. The lowest BCUT2D eigenvalue weighted by Crippen LogP contribution is -2.15. The molecule has 0 saturated carbocycles. The zero-order chi connectivity index (χ0) is 32.7. The Balaban J connectivity index is 1.23. The number of fused-ring (bicyclic) bond motifs is 4. The number of rotatable bonds is 5. The van der Waals surface area contributed by atoms with Gasteiger partial charge in [-0.2, -0.15) is 0 Å². The quantitative estimate of drug-likeness (QED) is 0.178. The molecule has 1 aliphatic heterocycles. The van der Waals surface area contributed by atoms with Gasteiger partial charge in [0, 0.05) is 36.5 Å². The van der Waals surface area contributed by atoms with Gasteiger partial charge in [0.25, 0.3) is 0 Å². The van der Waals surface area contributed by atoms with Gasteiger partial charge in [0.15, 0.2) is 5.82 Å². The van der Waals surface area contributed by atoms with Crippen LogP contribution in [0.4, 0.5) is 0 Å². The topological polar surface area (TPSA) is 29.0 Å². The third-order valence-corrected chi connectivity index (χ3v) is 9.61. The van der Waals surface area contributed by atoms with Crippen LogP contribution >= 0.6 is 0 Å². The second kappa shape index (κ2) is 12.0. The Morgan fingerprint density at radius 3 is 2.02 bits per heavy atom. The molecule has 3 heteroatoms. The van der Waals surface area contributed by atoms with Gasteiger partial charge in [0.05, 0.1) is 5.69 Å². The van der Waals surface area contributed by atoms with Gasteiger partial charge in [-0.15, -0.1) is 0 Å². The summed E-state index contributed by atoms with van der Waals surface area (Å²) in [5.41, 5.74) is 9.93. The second-order valence-electron chi connectivity index (χ2n) is 12.8. The highest BCUT2D eigenvalue weighted by molar-refractivity contribution is 6.13. The van der Waals surface area contributed by atoms with Crippen molar-refractivity contribution in [3.05, 3.63) is 176 Å². The fourth-order valence-electron chi connectivity index (χ4n) is 7.16. The molecule has 1 aliphatic rings. The van der Waals surface area contributed by atoms with Gasteiger partial charge in [0.1, 0.15) is 0 Å². The predicted molar refractivity (Wildman–Crippen MR) is 206 cm³/mol. The molecule has 0 spiro atoms. The minimum Gasteiger partial charge on any atom is -0.376 e. The molecule has 0 radical (unpaired) electrons. The van der Waals surface area contributed by atoms with Crippen LogP contribution in [0, 0.1) is 0 Å². The standard InChI is InChI=1S/C46H33N3/c1-49-24-10-18-39(30-49)33-14-8-16-35(25-33)44-29-47-46(38-23-22-31-11-2-3-12-32(31)26-38)48-45(44)37-17-9-15-34(27-37)43-28-36-13-4-5-19-40(36)41-20-6-7-21-42(41)43/h2-29H,30H2,1H3. The number of hydrogen-bond acceptors (Lipinski definition) is 3. The highest BCUT2D eigenvalue weighted by Gasteiger charge is 2.17. The maximum Gasteiger partial charge on any atom is 0.159 e. The van der Waals surface area contributed by atoms with Crippen molar-refractivity contribution in [3.63, 3.8) is 0 Å². The van der Waals surface area contributed by atoms with Crippen LogP contribution in [0.1, 0.15) is 5.56 Å². The molecule has 0 bridgehead atoms. The van der Waals surface area contributed by atoms with E-state index >= 15 is 0 Å². The highest BCUT2D eigenvalue weighted by atomic mass is 15.1. The van der Waals surface area contributed by atoms with Crippen molar-refractivity contribution in [2.24, 2.45) is 0 Å². The van der Waals surface area contributed by atoms with E-state index in [1.165, 1.54) is 49.0 Å². The lowest BCUT2D eigenvalue weighted by atomic mass is 9.91. The SMILES string of the molecule is CN1C=CC=C(c2cccc(-c3cnc(-c4ccc5ccccc5c4)nc3-c3cccc(-c4cc5ccccc5c5ccccc45)c3)c2)C1. The summed E-state index contributed by atoms with van der Waals surface area (Å²) in [6, 6.07) is 52.2. The highest BCUT2D eigenvalue weighted by Crippen LogP contribution is 2.39. The Bertz CT molecular complexity index is 2610. The van der Waals surface area contributed by atoms with E-state index in [0.29, 0.717) is 5.82 Å². The Hall–Kier alpha value is -6.32. The maximum absolute atomic E-state index is 5.35. The molecule has 7 aromatic carbocycles. The zero-order valence-corrected chi connectivity index (χ0v) is 27.2. The number of aromatic nitrogens is 2. The molecule has 3 nitrogen and oxygen atoms in total. The Kier molecular flexibility index (Phi) is 7.09. The number of allylic oxidation sites excluding steroid dienone is 2. The van der Waals surface area contributed by atoms with Gasteiger partial charge in [-0.3, -0.25) is 0 Å². The van der Waals surface area contributed by atoms with Crippen molar-refractivity contribution in [3.8, 4) is 44.9 Å². The Morgan fingerprint density at radius 1 is 0.510 bits per heavy atom. The largest absolute Gasteiger partial charge is 0.376 e. The fourth-order valence-corrected chi connectivity index (χ4v) is 7.16. The van der Waals surface area contributed by atoms with Gasteiger partial charge in [-0.05, 0) is 96.7 Å². The molecule has 0 aliphatic carbocycles. The third-order valence-electron chi connectivity index (χ3n) is 9.61. The summed E-state index contributed by atoms with van der Waals surface area (Å²) < 4.78 is 0. The van der Waals surface area contributed by atoms with Crippen LogP contribution < -0.4 is 0 Å². The van der Waals surface area contributed by atoms with E-state index in [1.54, 1.807) is 0 Å². The van der Waals surface area contributed by atoms with Crippen LogP contribution in [0.2, 0.25) is 0 Å². The molecule has 0 saturated heterocycles. The summed E-state index contributed by atoms with van der Waals surface area (Å²) in [5.74, 6) is 0.712. The summed E-state index contributed by atoms with van der Waals surface area (Å²) in [6.07, 6.45) is 8.43. The zero-order valence-electron chi connectivity index (χ0n) is 27.2. The van der Waals surface area contributed by atoms with Crippen molar-refractivity contribution in [2.75, 3.05) is 13.6 Å². The van der Waals surface area contributed by atoms with E-state index in [9.17, 15) is 0 Å². The first kappa shape index (κ1) is 28.9. The van der Waals surface area contributed by atoms with E-state index in [-0.39, 0.29) is 0 Å². The number of hydrogen-bond donors (Lipinski definition) is 0. The van der Waals surface area contributed by atoms with Crippen molar-refractivity contribution in [1.29, 1.82) is 0 Å². The van der Waals surface area contributed by atoms with Gasteiger partial charge in [0.2, 0.25) is 0 Å². The van der Waals surface area contributed by atoms with Crippen LogP contribution in [0.25, 0.3) is 82.8 Å². The van der Waals surface area contributed by atoms with Crippen LogP contribution in [0.5, 0.6) is 0 Å². The maximum atomic E-state index is 5.35. The van der Waals surface area contributed by atoms with E-state index in [4.69, 9.17) is 9.97 Å². The molecule has 0 unspecified atom stereocenters. The lowest BCUT2D eigenvalue weighted by Gasteiger charge is -2.20. The number of benzene rings is 7. The van der Waals surface area contributed by atoms with Gasteiger partial charge >= 0.3 is 0 Å². The third kappa shape index (κ3) is 5.36. The molecule has 1 aromatic heterocycles. The van der Waals surface area contributed by atoms with Crippen molar-refractivity contribution >= 4 is 37.9 Å². The van der Waals surface area contributed by atoms with E-state index in [0.717, 1.165) is 40.1 Å². The minimum atomic E-state index is 0.712. The summed E-state index contributed by atoms with van der Waals surface area (Å²) in [5, 5.41) is 7.38. The predicted octanol–water partition coefficient (Wildman–Crippen LogP) is 11.4. The smallest absolute Gasteiger partial charge is 0.159 e. The minimum absolute atomic E-state index is 0.712.